The van der Waals surface area contributed by atoms with Gasteiger partial charge in [-0.3, -0.25) is 9.59 Å². The second kappa shape index (κ2) is 23.9. The van der Waals surface area contributed by atoms with Crippen LogP contribution >= 0.6 is 0 Å². The van der Waals surface area contributed by atoms with Crippen molar-refractivity contribution >= 4 is 28.8 Å². The molecule has 20 atom stereocenters. The highest BCUT2D eigenvalue weighted by molar-refractivity contribution is 5.76. The predicted molar refractivity (Wildman–Crippen MR) is 228 cm³/mol. The normalized spacial score (nSPS) is 38.1. The van der Waals surface area contributed by atoms with Crippen LogP contribution in [0.3, 0.4) is 0 Å². The first-order valence-electron chi connectivity index (χ1n) is 22.6. The molecule has 0 radical (unpaired) electrons. The van der Waals surface area contributed by atoms with E-state index in [0.29, 0.717) is 17.4 Å². The SMILES string of the molecule is CCC[C@H](OC1C(NC(C)=O)[C@H](O[C@@H]2CC(CO[C@H]3OC(CO)[C@@H](O)C(OCc4cc5ccccc5oc4=O)C3O)CC(NC(C)=O)C2O[C@@H]2OC(C)[C@@H](O)C(O)C2O)OC(CO)[C@@H]1O)C(=O)O. The number of fused-ring (bicyclic) bond motifs is 1. The van der Waals surface area contributed by atoms with Crippen molar-refractivity contribution in [1.29, 1.82) is 0 Å². The van der Waals surface area contributed by atoms with Crippen molar-refractivity contribution in [2.75, 3.05) is 19.8 Å². The number of aliphatic hydroxyl groups is 8. The van der Waals surface area contributed by atoms with Crippen molar-refractivity contribution in [2.24, 2.45) is 5.92 Å². The predicted octanol–water partition coefficient (Wildman–Crippen LogP) is -3.13. The molecule has 24 nitrogen and oxygen atoms in total. The molecule has 6 rings (SSSR count). The molecule has 0 spiro atoms. The lowest BCUT2D eigenvalue weighted by Crippen LogP contribution is -2.68. The van der Waals surface area contributed by atoms with Crippen LogP contribution in [0, 0.1) is 5.92 Å². The van der Waals surface area contributed by atoms with E-state index in [1.54, 1.807) is 37.3 Å². The Morgan fingerprint density at radius 3 is 2.07 bits per heavy atom. The van der Waals surface area contributed by atoms with Crippen molar-refractivity contribution in [1.82, 2.24) is 10.6 Å². The van der Waals surface area contributed by atoms with E-state index in [4.69, 9.17) is 42.3 Å². The van der Waals surface area contributed by atoms with Gasteiger partial charge in [-0.1, -0.05) is 31.5 Å². The standard InChI is InChI=1S/C44H64N2O22/c1-5-8-26(40(57)58)63-38-30(46-20(4)50)42(66-28(14-47)32(38)52)65-27-12-21(11-24(45-19(3)49)37(27)68-44-35(55)34(54)31(51)18(2)62-44)16-61-43-36(56)39(33(53)29(15-48)67-43)60-17-23-13-22-9-6-7-10-25(22)64-41(23)59/h6-7,9-10,13,18,21,24,26-39,42-44,47-48,51-56H,5,8,11-12,14-17H2,1-4H3,(H,45,49)(H,46,50)(H,57,58)/t18?,21?,24?,26-,27+,28?,29?,30?,31+,32-,33+,34?,35?,36?,37?,38?,39?,42+,43-,44-/m0/s1. The Morgan fingerprint density at radius 2 is 1.43 bits per heavy atom. The van der Waals surface area contributed by atoms with E-state index in [9.17, 15) is 65.1 Å². The number of carboxylic acid groups (broad SMARTS) is 1. The number of nitrogens with one attached hydrogen (secondary N) is 2. The van der Waals surface area contributed by atoms with Crippen LogP contribution in [0.4, 0.5) is 0 Å². The van der Waals surface area contributed by atoms with E-state index >= 15 is 0 Å². The molecule has 1 aromatic heterocycles. The molecular formula is C44H64N2O22. The first kappa shape index (κ1) is 53.5. The summed E-state index contributed by atoms with van der Waals surface area (Å²) in [7, 11) is 0. The third-order valence-electron chi connectivity index (χ3n) is 12.5. The van der Waals surface area contributed by atoms with Crippen molar-refractivity contribution in [3.63, 3.8) is 0 Å². The summed E-state index contributed by atoms with van der Waals surface area (Å²) in [6.45, 7) is 3.26. The molecule has 1 aromatic carbocycles. The van der Waals surface area contributed by atoms with Gasteiger partial charge in [-0.2, -0.15) is 0 Å². The number of benzene rings is 1. The summed E-state index contributed by atoms with van der Waals surface area (Å²) >= 11 is 0. The summed E-state index contributed by atoms with van der Waals surface area (Å²) in [6, 6.07) is 5.83. The zero-order valence-electron chi connectivity index (χ0n) is 37.9. The maximum Gasteiger partial charge on any atom is 0.341 e. The summed E-state index contributed by atoms with van der Waals surface area (Å²) in [4.78, 5) is 50.5. The summed E-state index contributed by atoms with van der Waals surface area (Å²) < 4.78 is 53.8. The van der Waals surface area contributed by atoms with Gasteiger partial charge in [0.05, 0.1) is 50.2 Å². The summed E-state index contributed by atoms with van der Waals surface area (Å²) in [5.41, 5.74) is -0.293. The second-order valence-electron chi connectivity index (χ2n) is 17.7. The lowest BCUT2D eigenvalue weighted by molar-refractivity contribution is -0.337. The number of carboxylic acids is 1. The fraction of sp³-hybridized carbons (Fsp3) is 0.727. The average molecular weight is 973 g/mol. The molecule has 24 heteroatoms. The largest absolute Gasteiger partial charge is 0.479 e. The maximum absolute atomic E-state index is 12.8. The number of amides is 2. The van der Waals surface area contributed by atoms with Crippen LogP contribution in [0.25, 0.3) is 11.0 Å². The van der Waals surface area contributed by atoms with E-state index in [-0.39, 0.29) is 31.4 Å². The van der Waals surface area contributed by atoms with E-state index in [0.717, 1.165) is 6.92 Å². The molecule has 2 amide bonds. The molecule has 4 fully saturated rings. The molecule has 382 valence electrons. The lowest BCUT2D eigenvalue weighted by Gasteiger charge is -2.49. The fourth-order valence-electron chi connectivity index (χ4n) is 9.06. The molecule has 12 unspecified atom stereocenters. The van der Waals surface area contributed by atoms with Gasteiger partial charge < -0.3 is 98.9 Å². The minimum Gasteiger partial charge on any atom is -0.479 e. The smallest absolute Gasteiger partial charge is 0.341 e. The number of hydrogen-bond acceptors (Lipinski definition) is 21. The Bertz CT molecular complexity index is 2040. The van der Waals surface area contributed by atoms with Gasteiger partial charge >= 0.3 is 11.6 Å². The topological polar surface area (TPSA) is 361 Å². The molecule has 68 heavy (non-hydrogen) atoms. The molecular weight excluding hydrogens is 908 g/mol. The van der Waals surface area contributed by atoms with E-state index in [1.165, 1.54) is 13.8 Å². The van der Waals surface area contributed by atoms with Crippen LogP contribution in [0.15, 0.2) is 39.5 Å². The number of rotatable bonds is 19. The molecule has 11 N–H and O–H groups in total. The lowest BCUT2D eigenvalue weighted by atomic mass is 9.81. The number of carbonyl (C=O) groups is 3. The minimum atomic E-state index is -1.82. The molecule has 4 aliphatic rings. The zero-order valence-corrected chi connectivity index (χ0v) is 37.9. The van der Waals surface area contributed by atoms with Crippen molar-refractivity contribution in [2.45, 2.75) is 176 Å². The van der Waals surface area contributed by atoms with Crippen molar-refractivity contribution < 1.29 is 103 Å². The van der Waals surface area contributed by atoms with E-state index in [2.05, 4.69) is 10.6 Å². The van der Waals surface area contributed by atoms with Crippen LogP contribution in [-0.2, 0) is 58.9 Å². The van der Waals surface area contributed by atoms with Gasteiger partial charge in [-0.25, -0.2) is 9.59 Å². The Morgan fingerprint density at radius 1 is 0.765 bits per heavy atom. The van der Waals surface area contributed by atoms with Crippen LogP contribution < -0.4 is 16.3 Å². The Labute approximate surface area is 389 Å². The molecule has 0 bridgehead atoms. The number of hydrogen-bond donors (Lipinski definition) is 11. The summed E-state index contributed by atoms with van der Waals surface area (Å²) in [5, 5.41) is 102. The van der Waals surface area contributed by atoms with Crippen LogP contribution in [0.1, 0.15) is 58.9 Å². The highest BCUT2D eigenvalue weighted by Crippen LogP contribution is 2.37. The van der Waals surface area contributed by atoms with Crippen LogP contribution in [-0.4, -0.2) is 200 Å². The molecule has 3 saturated heterocycles. The first-order chi connectivity index (χ1) is 32.3. The first-order valence-corrected chi connectivity index (χ1v) is 22.6. The highest BCUT2D eigenvalue weighted by atomic mass is 16.7. The van der Waals surface area contributed by atoms with Gasteiger partial charge in [0.25, 0.3) is 0 Å². The van der Waals surface area contributed by atoms with E-state index in [1.807, 2.05) is 0 Å². The summed E-state index contributed by atoms with van der Waals surface area (Å²) in [6.07, 6.45) is -25.4. The van der Waals surface area contributed by atoms with Gasteiger partial charge in [-0.15, -0.1) is 0 Å². The Hall–Kier alpha value is -3.80. The van der Waals surface area contributed by atoms with Gasteiger partial charge in [0.2, 0.25) is 11.8 Å². The zero-order chi connectivity index (χ0) is 49.6. The van der Waals surface area contributed by atoms with Crippen LogP contribution in [0.5, 0.6) is 0 Å². The molecule has 4 heterocycles. The summed E-state index contributed by atoms with van der Waals surface area (Å²) in [5.74, 6) is -3.26. The molecule has 3 aliphatic heterocycles. The molecule has 1 aliphatic carbocycles. The fourth-order valence-corrected chi connectivity index (χ4v) is 9.06. The number of carbonyl (C=O) groups excluding carboxylic acids is 2. The van der Waals surface area contributed by atoms with Gasteiger partial charge in [0.1, 0.15) is 78.8 Å². The highest BCUT2D eigenvalue weighted by Gasteiger charge is 2.53. The Kier molecular flexibility index (Phi) is 18.8. The van der Waals surface area contributed by atoms with Crippen LogP contribution in [0.2, 0.25) is 0 Å². The van der Waals surface area contributed by atoms with Crippen molar-refractivity contribution in [3.05, 3.63) is 46.3 Å². The second-order valence-corrected chi connectivity index (χ2v) is 17.7. The Balaban J connectivity index is 1.28. The molecule has 2 aromatic rings. The van der Waals surface area contributed by atoms with Crippen molar-refractivity contribution in [3.8, 4) is 0 Å². The quantitative estimate of drug-likeness (QED) is 0.0620. The monoisotopic (exact) mass is 972 g/mol. The maximum atomic E-state index is 12.8. The molecule has 1 saturated carbocycles. The van der Waals surface area contributed by atoms with Gasteiger partial charge in [0.15, 0.2) is 25.0 Å². The number of ether oxygens (including phenoxy) is 8. The van der Waals surface area contributed by atoms with E-state index < -0.39 is 166 Å². The number of aliphatic hydroxyl groups excluding tert-OH is 8. The third-order valence-corrected chi connectivity index (χ3v) is 12.5. The van der Waals surface area contributed by atoms with Gasteiger partial charge in [-0.05, 0) is 44.2 Å². The third kappa shape index (κ3) is 12.6. The number of para-hydroxylation sites is 1. The van der Waals surface area contributed by atoms with Gasteiger partial charge in [0, 0.05) is 19.2 Å². The average Bonchev–Trinajstić information content (AvgIpc) is 3.29. The number of aliphatic carboxylic acids is 1. The minimum absolute atomic E-state index is 0.00878.